The molecule has 6 heteroatoms. The van der Waals surface area contributed by atoms with Gasteiger partial charge in [-0.05, 0) is 12.5 Å². The smallest absolute Gasteiger partial charge is 0.251 e. The van der Waals surface area contributed by atoms with Crippen molar-refractivity contribution in [3.05, 3.63) is 65.9 Å². The summed E-state index contributed by atoms with van der Waals surface area (Å²) in [6.07, 6.45) is 2.54. The van der Waals surface area contributed by atoms with Crippen LogP contribution in [-0.2, 0) is 24.5 Å². The third-order valence-electron chi connectivity index (χ3n) is 4.91. The number of rotatable bonds is 8. The predicted octanol–water partition coefficient (Wildman–Crippen LogP) is 4.54. The molecule has 27 heavy (non-hydrogen) atoms. The zero-order valence-corrected chi connectivity index (χ0v) is 15.8. The Morgan fingerprint density at radius 3 is 2.59 bits per heavy atom. The molecule has 1 saturated heterocycles. The van der Waals surface area contributed by atoms with E-state index in [1.165, 1.54) is 0 Å². The fraction of sp³-hybridized carbons (Fsp3) is 0.476. The molecule has 0 aliphatic carbocycles. The topological polar surface area (TPSA) is 30.3 Å². The van der Waals surface area contributed by atoms with Gasteiger partial charge in [-0.2, -0.15) is 0 Å². The van der Waals surface area contributed by atoms with Gasteiger partial charge in [-0.3, -0.25) is 0 Å². The van der Waals surface area contributed by atoms with E-state index in [1.54, 1.807) is 0 Å². The van der Waals surface area contributed by atoms with Gasteiger partial charge in [0.15, 0.2) is 0 Å². The summed E-state index contributed by atoms with van der Waals surface area (Å²) in [7, 11) is 0. The summed E-state index contributed by atoms with van der Waals surface area (Å²) in [5, 5.41) is 0. The fourth-order valence-corrected chi connectivity index (χ4v) is 3.30. The number of alkyl halides is 2. The summed E-state index contributed by atoms with van der Waals surface area (Å²) in [5.41, 5.74) is 2.98. The molecule has 1 aliphatic heterocycles. The summed E-state index contributed by atoms with van der Waals surface area (Å²) in [5.74, 6) is -1.65. The van der Waals surface area contributed by atoms with E-state index >= 15 is 0 Å². The zero-order valence-electron chi connectivity index (χ0n) is 15.8. The molecule has 4 nitrogen and oxygen atoms in total. The number of nitrogens with zero attached hydrogens (tertiary/aromatic N) is 3. The fourth-order valence-electron chi connectivity index (χ4n) is 3.30. The molecular formula is C21H27F2N3O. The second-order valence-electron chi connectivity index (χ2n) is 7.13. The van der Waals surface area contributed by atoms with E-state index in [-0.39, 0.29) is 12.8 Å². The van der Waals surface area contributed by atoms with Gasteiger partial charge in [-0.25, -0.2) is 13.8 Å². The van der Waals surface area contributed by atoms with E-state index < -0.39 is 5.92 Å². The van der Waals surface area contributed by atoms with Gasteiger partial charge in [0.25, 0.3) is 5.92 Å². The molecule has 1 fully saturated rings. The standard InChI is InChI=1S/C21H27F2N3O/c1-17-14-26(11-8-18(2)25-12-9-21(22,23)10-13-25)20(24-17)16-27-15-19-6-4-3-5-7-19/h3-7,14H,2,8-13,15-16H2,1H3. The number of allylic oxidation sites excluding steroid dienone is 1. The summed E-state index contributed by atoms with van der Waals surface area (Å²) in [6.45, 7) is 8.50. The van der Waals surface area contributed by atoms with Gasteiger partial charge in [0.1, 0.15) is 12.4 Å². The molecule has 0 amide bonds. The highest BCUT2D eigenvalue weighted by molar-refractivity contribution is 5.13. The monoisotopic (exact) mass is 375 g/mol. The van der Waals surface area contributed by atoms with Gasteiger partial charge in [0.05, 0.1) is 12.3 Å². The number of imidazole rings is 1. The second kappa shape index (κ2) is 8.65. The lowest BCUT2D eigenvalue weighted by Crippen LogP contribution is -2.38. The van der Waals surface area contributed by atoms with Crippen molar-refractivity contribution >= 4 is 0 Å². The Morgan fingerprint density at radius 1 is 1.19 bits per heavy atom. The molecule has 0 atom stereocenters. The summed E-state index contributed by atoms with van der Waals surface area (Å²) in [6, 6.07) is 10.0. The van der Waals surface area contributed by atoms with Crippen molar-refractivity contribution in [2.45, 2.75) is 51.9 Å². The van der Waals surface area contributed by atoms with Crippen LogP contribution in [-0.4, -0.2) is 33.5 Å². The Morgan fingerprint density at radius 2 is 1.89 bits per heavy atom. The van der Waals surface area contributed by atoms with Crippen molar-refractivity contribution in [3.8, 4) is 0 Å². The van der Waals surface area contributed by atoms with Crippen molar-refractivity contribution < 1.29 is 13.5 Å². The van der Waals surface area contributed by atoms with Crippen molar-refractivity contribution in [1.82, 2.24) is 14.5 Å². The van der Waals surface area contributed by atoms with Gasteiger partial charge < -0.3 is 14.2 Å². The van der Waals surface area contributed by atoms with E-state index in [9.17, 15) is 8.78 Å². The Labute approximate surface area is 159 Å². The molecule has 0 N–H and O–H groups in total. The highest BCUT2D eigenvalue weighted by atomic mass is 19.3. The molecule has 1 aromatic heterocycles. The third-order valence-corrected chi connectivity index (χ3v) is 4.91. The van der Waals surface area contributed by atoms with E-state index in [2.05, 4.69) is 16.1 Å². The number of likely N-dealkylation sites (tertiary alicyclic amines) is 1. The second-order valence-corrected chi connectivity index (χ2v) is 7.13. The molecule has 1 aliphatic rings. The van der Waals surface area contributed by atoms with Crippen LogP contribution in [0.2, 0.25) is 0 Å². The van der Waals surface area contributed by atoms with Gasteiger partial charge in [0, 0.05) is 50.8 Å². The number of ether oxygens (including phenoxy) is 1. The van der Waals surface area contributed by atoms with E-state index in [0.717, 1.165) is 29.3 Å². The predicted molar refractivity (Wildman–Crippen MR) is 101 cm³/mol. The molecule has 1 aromatic carbocycles. The van der Waals surface area contributed by atoms with Crippen LogP contribution in [0.25, 0.3) is 0 Å². The first-order chi connectivity index (χ1) is 12.9. The number of hydrogen-bond acceptors (Lipinski definition) is 3. The van der Waals surface area contributed by atoms with Gasteiger partial charge >= 0.3 is 0 Å². The van der Waals surface area contributed by atoms with Crippen LogP contribution in [0.3, 0.4) is 0 Å². The lowest BCUT2D eigenvalue weighted by molar-refractivity contribution is -0.0494. The average Bonchev–Trinajstić information content (AvgIpc) is 3.00. The van der Waals surface area contributed by atoms with E-state index in [0.29, 0.717) is 32.7 Å². The lowest BCUT2D eigenvalue weighted by Gasteiger charge is -2.34. The van der Waals surface area contributed by atoms with Crippen molar-refractivity contribution in [2.24, 2.45) is 0 Å². The maximum Gasteiger partial charge on any atom is 0.251 e. The van der Waals surface area contributed by atoms with Crippen molar-refractivity contribution in [2.75, 3.05) is 13.1 Å². The Balaban J connectivity index is 1.49. The van der Waals surface area contributed by atoms with Gasteiger partial charge in [-0.1, -0.05) is 36.9 Å². The molecular weight excluding hydrogens is 348 g/mol. The Bertz CT molecular complexity index is 748. The van der Waals surface area contributed by atoms with Crippen LogP contribution in [0.15, 0.2) is 48.8 Å². The number of piperidine rings is 1. The normalized spacial score (nSPS) is 16.5. The summed E-state index contributed by atoms with van der Waals surface area (Å²) < 4.78 is 34.5. The third kappa shape index (κ3) is 5.63. The quantitative estimate of drug-likeness (QED) is 0.678. The SMILES string of the molecule is C=C(CCn1cc(C)nc1COCc1ccccc1)N1CCC(F)(F)CC1. The Kier molecular flexibility index (Phi) is 6.26. The summed E-state index contributed by atoms with van der Waals surface area (Å²) in [4.78, 5) is 6.53. The molecule has 0 radical (unpaired) electrons. The minimum absolute atomic E-state index is 0.0885. The highest BCUT2D eigenvalue weighted by Crippen LogP contribution is 2.29. The molecule has 0 bridgehead atoms. The average molecular weight is 375 g/mol. The number of benzene rings is 1. The first-order valence-corrected chi connectivity index (χ1v) is 9.38. The summed E-state index contributed by atoms with van der Waals surface area (Å²) >= 11 is 0. The van der Waals surface area contributed by atoms with Crippen LogP contribution in [0.1, 0.15) is 36.3 Å². The first kappa shape index (κ1) is 19.5. The number of aromatic nitrogens is 2. The van der Waals surface area contributed by atoms with Crippen LogP contribution in [0, 0.1) is 6.92 Å². The van der Waals surface area contributed by atoms with Gasteiger partial charge in [-0.15, -0.1) is 0 Å². The minimum Gasteiger partial charge on any atom is -0.375 e. The molecule has 0 saturated carbocycles. The number of hydrogen-bond donors (Lipinski definition) is 0. The van der Waals surface area contributed by atoms with Crippen molar-refractivity contribution in [1.29, 1.82) is 0 Å². The van der Waals surface area contributed by atoms with E-state index in [1.807, 2.05) is 48.4 Å². The molecule has 3 rings (SSSR count). The zero-order chi connectivity index (χ0) is 19.3. The maximum absolute atomic E-state index is 13.3. The molecule has 0 spiro atoms. The van der Waals surface area contributed by atoms with Crippen LogP contribution in [0.4, 0.5) is 8.78 Å². The molecule has 0 unspecified atom stereocenters. The van der Waals surface area contributed by atoms with Gasteiger partial charge in [0.2, 0.25) is 0 Å². The maximum atomic E-state index is 13.3. The Hall–Kier alpha value is -2.21. The minimum atomic E-state index is -2.53. The first-order valence-electron chi connectivity index (χ1n) is 9.38. The molecule has 2 aromatic rings. The van der Waals surface area contributed by atoms with Crippen LogP contribution >= 0.6 is 0 Å². The number of aryl methyl sites for hydroxylation is 2. The van der Waals surface area contributed by atoms with E-state index in [4.69, 9.17) is 4.74 Å². The highest BCUT2D eigenvalue weighted by Gasteiger charge is 2.34. The number of halogens is 2. The lowest BCUT2D eigenvalue weighted by atomic mass is 10.1. The van der Waals surface area contributed by atoms with Crippen LogP contribution in [0.5, 0.6) is 0 Å². The van der Waals surface area contributed by atoms with Crippen LogP contribution < -0.4 is 0 Å². The largest absolute Gasteiger partial charge is 0.375 e. The molecule has 146 valence electrons. The van der Waals surface area contributed by atoms with Crippen molar-refractivity contribution in [3.63, 3.8) is 0 Å². The molecule has 2 heterocycles.